The molecule has 0 bridgehead atoms. The molecule has 0 fully saturated rings. The van der Waals surface area contributed by atoms with Gasteiger partial charge in [-0.05, 0) is 6.92 Å². The standard InChI is InChI=1S/C9H16N2S/c1-6(2)9-11-8(5-12-9)4-7(3)10/h5-7H,4,10H2,1-3H3/t7-/m0/s1. The average molecular weight is 184 g/mol. The van der Waals surface area contributed by atoms with Gasteiger partial charge in [0.25, 0.3) is 0 Å². The van der Waals surface area contributed by atoms with E-state index in [0.717, 1.165) is 12.1 Å². The molecule has 0 aromatic carbocycles. The monoisotopic (exact) mass is 184 g/mol. The molecule has 0 unspecified atom stereocenters. The fourth-order valence-corrected chi connectivity index (χ4v) is 1.86. The minimum absolute atomic E-state index is 0.215. The fourth-order valence-electron chi connectivity index (χ4n) is 1.01. The molecule has 0 aliphatic heterocycles. The lowest BCUT2D eigenvalue weighted by molar-refractivity contribution is 0.718. The highest BCUT2D eigenvalue weighted by Crippen LogP contribution is 2.19. The van der Waals surface area contributed by atoms with Gasteiger partial charge < -0.3 is 5.73 Å². The van der Waals surface area contributed by atoms with E-state index >= 15 is 0 Å². The van der Waals surface area contributed by atoms with Crippen LogP contribution in [0.25, 0.3) is 0 Å². The third kappa shape index (κ3) is 2.57. The maximum Gasteiger partial charge on any atom is 0.0953 e. The highest BCUT2D eigenvalue weighted by Gasteiger charge is 2.06. The lowest BCUT2D eigenvalue weighted by Gasteiger charge is -2.00. The van der Waals surface area contributed by atoms with Crippen LogP contribution >= 0.6 is 11.3 Å². The quantitative estimate of drug-likeness (QED) is 0.781. The van der Waals surface area contributed by atoms with Crippen LogP contribution in [-0.4, -0.2) is 11.0 Å². The van der Waals surface area contributed by atoms with E-state index in [4.69, 9.17) is 5.73 Å². The van der Waals surface area contributed by atoms with Crippen molar-refractivity contribution in [1.29, 1.82) is 0 Å². The van der Waals surface area contributed by atoms with Gasteiger partial charge in [-0.15, -0.1) is 11.3 Å². The second kappa shape index (κ2) is 4.01. The van der Waals surface area contributed by atoms with Crippen LogP contribution in [0.5, 0.6) is 0 Å². The molecule has 12 heavy (non-hydrogen) atoms. The van der Waals surface area contributed by atoms with Gasteiger partial charge in [0.15, 0.2) is 0 Å². The Morgan fingerprint density at radius 2 is 2.17 bits per heavy atom. The number of aromatic nitrogens is 1. The second-order valence-electron chi connectivity index (χ2n) is 3.51. The molecule has 3 heteroatoms. The van der Waals surface area contributed by atoms with Crippen LogP contribution in [0.3, 0.4) is 0 Å². The van der Waals surface area contributed by atoms with Gasteiger partial charge in [-0.1, -0.05) is 13.8 Å². The molecule has 2 nitrogen and oxygen atoms in total. The van der Waals surface area contributed by atoms with Crippen molar-refractivity contribution in [2.24, 2.45) is 5.73 Å². The summed E-state index contributed by atoms with van der Waals surface area (Å²) in [4.78, 5) is 4.49. The van der Waals surface area contributed by atoms with E-state index in [-0.39, 0.29) is 6.04 Å². The molecule has 1 atom stereocenters. The van der Waals surface area contributed by atoms with Crippen molar-refractivity contribution >= 4 is 11.3 Å². The Bertz CT molecular complexity index is 240. The van der Waals surface area contributed by atoms with Crippen molar-refractivity contribution in [2.75, 3.05) is 0 Å². The van der Waals surface area contributed by atoms with E-state index in [0.29, 0.717) is 5.92 Å². The number of thiazole rings is 1. The molecule has 0 aliphatic carbocycles. The number of nitrogens with zero attached hydrogens (tertiary/aromatic N) is 1. The Hall–Kier alpha value is -0.410. The summed E-state index contributed by atoms with van der Waals surface area (Å²) in [6.45, 7) is 6.33. The van der Waals surface area contributed by atoms with E-state index in [1.165, 1.54) is 5.01 Å². The first kappa shape index (κ1) is 9.68. The van der Waals surface area contributed by atoms with Crippen molar-refractivity contribution < 1.29 is 0 Å². The van der Waals surface area contributed by atoms with Crippen LogP contribution in [0.4, 0.5) is 0 Å². The fraction of sp³-hybridized carbons (Fsp3) is 0.667. The molecular weight excluding hydrogens is 168 g/mol. The predicted octanol–water partition coefficient (Wildman–Crippen LogP) is 2.16. The summed E-state index contributed by atoms with van der Waals surface area (Å²) in [5.74, 6) is 0.539. The topological polar surface area (TPSA) is 38.9 Å². The molecule has 0 saturated carbocycles. The van der Waals surface area contributed by atoms with E-state index in [2.05, 4.69) is 24.2 Å². The second-order valence-corrected chi connectivity index (χ2v) is 4.40. The molecule has 0 saturated heterocycles. The van der Waals surface area contributed by atoms with Gasteiger partial charge in [0.05, 0.1) is 10.7 Å². The van der Waals surface area contributed by atoms with E-state index in [1.54, 1.807) is 11.3 Å². The van der Waals surface area contributed by atoms with Crippen LogP contribution in [-0.2, 0) is 6.42 Å². The molecule has 0 radical (unpaired) electrons. The first-order chi connectivity index (χ1) is 5.59. The minimum atomic E-state index is 0.215. The maximum atomic E-state index is 5.67. The third-order valence-electron chi connectivity index (χ3n) is 1.59. The SMILES string of the molecule is CC(C)c1nc(C[C@H](C)N)cs1. The highest BCUT2D eigenvalue weighted by molar-refractivity contribution is 7.09. The summed E-state index contributed by atoms with van der Waals surface area (Å²) in [5, 5.41) is 3.32. The van der Waals surface area contributed by atoms with Gasteiger partial charge in [-0.25, -0.2) is 4.98 Å². The molecule has 1 aromatic rings. The smallest absolute Gasteiger partial charge is 0.0953 e. The molecule has 0 spiro atoms. The van der Waals surface area contributed by atoms with Gasteiger partial charge in [-0.2, -0.15) is 0 Å². The zero-order valence-corrected chi connectivity index (χ0v) is 8.69. The first-order valence-corrected chi connectivity index (χ1v) is 5.17. The zero-order valence-electron chi connectivity index (χ0n) is 7.87. The molecule has 1 heterocycles. The maximum absolute atomic E-state index is 5.67. The lowest BCUT2D eigenvalue weighted by Crippen LogP contribution is -2.17. The van der Waals surface area contributed by atoms with Crippen molar-refractivity contribution in [3.05, 3.63) is 16.1 Å². The van der Waals surface area contributed by atoms with Gasteiger partial charge in [-0.3, -0.25) is 0 Å². The Morgan fingerprint density at radius 1 is 1.50 bits per heavy atom. The van der Waals surface area contributed by atoms with Crippen molar-refractivity contribution in [1.82, 2.24) is 4.98 Å². The van der Waals surface area contributed by atoms with E-state index in [9.17, 15) is 0 Å². The number of rotatable bonds is 3. The summed E-state index contributed by atoms with van der Waals surface area (Å²) in [7, 11) is 0. The molecular formula is C9H16N2S. The first-order valence-electron chi connectivity index (χ1n) is 4.29. The number of hydrogen-bond donors (Lipinski definition) is 1. The third-order valence-corrected chi connectivity index (χ3v) is 2.79. The summed E-state index contributed by atoms with van der Waals surface area (Å²) in [5.41, 5.74) is 6.81. The Morgan fingerprint density at radius 3 is 2.58 bits per heavy atom. The lowest BCUT2D eigenvalue weighted by atomic mass is 10.2. The summed E-state index contributed by atoms with van der Waals surface area (Å²) < 4.78 is 0. The van der Waals surface area contributed by atoms with Crippen LogP contribution in [0.15, 0.2) is 5.38 Å². The largest absolute Gasteiger partial charge is 0.328 e. The molecule has 1 rings (SSSR count). The van der Waals surface area contributed by atoms with Gasteiger partial charge in [0.1, 0.15) is 0 Å². The van der Waals surface area contributed by atoms with E-state index in [1.807, 2.05) is 6.92 Å². The zero-order chi connectivity index (χ0) is 9.14. The number of nitrogens with two attached hydrogens (primary N) is 1. The van der Waals surface area contributed by atoms with Crippen molar-refractivity contribution in [3.63, 3.8) is 0 Å². The Balaban J connectivity index is 2.64. The molecule has 0 aliphatic rings. The summed E-state index contributed by atoms with van der Waals surface area (Å²) in [6, 6.07) is 0.215. The van der Waals surface area contributed by atoms with Crippen LogP contribution in [0.2, 0.25) is 0 Å². The van der Waals surface area contributed by atoms with Crippen LogP contribution in [0.1, 0.15) is 37.4 Å². The van der Waals surface area contributed by atoms with Gasteiger partial charge >= 0.3 is 0 Å². The summed E-state index contributed by atoms with van der Waals surface area (Å²) >= 11 is 1.73. The van der Waals surface area contributed by atoms with Gasteiger partial charge in [0, 0.05) is 23.8 Å². The molecule has 1 aromatic heterocycles. The minimum Gasteiger partial charge on any atom is -0.328 e. The highest BCUT2D eigenvalue weighted by atomic mass is 32.1. The summed E-state index contributed by atoms with van der Waals surface area (Å²) in [6.07, 6.45) is 0.892. The number of hydrogen-bond acceptors (Lipinski definition) is 3. The Labute approximate surface area is 77.8 Å². The normalized spacial score (nSPS) is 13.8. The predicted molar refractivity (Wildman–Crippen MR) is 53.6 cm³/mol. The van der Waals surface area contributed by atoms with Crippen molar-refractivity contribution in [3.8, 4) is 0 Å². The van der Waals surface area contributed by atoms with Crippen LogP contribution in [0, 0.1) is 0 Å². The molecule has 68 valence electrons. The average Bonchev–Trinajstić information content (AvgIpc) is 2.34. The van der Waals surface area contributed by atoms with Crippen molar-refractivity contribution in [2.45, 2.75) is 39.2 Å². The molecule has 0 amide bonds. The Kier molecular flexibility index (Phi) is 3.23. The van der Waals surface area contributed by atoms with Gasteiger partial charge in [0.2, 0.25) is 0 Å². The molecule has 2 N–H and O–H groups in total. The van der Waals surface area contributed by atoms with E-state index < -0.39 is 0 Å². The van der Waals surface area contributed by atoms with Crippen LogP contribution < -0.4 is 5.73 Å².